The van der Waals surface area contributed by atoms with Crippen molar-refractivity contribution in [1.82, 2.24) is 15.0 Å². The van der Waals surface area contributed by atoms with Crippen LogP contribution in [0.25, 0.3) is 0 Å². The van der Waals surface area contributed by atoms with E-state index in [1.54, 1.807) is 6.92 Å². The molecule has 2 rings (SSSR count). The Hall–Kier alpha value is -2.97. The minimum absolute atomic E-state index is 0.00262. The second kappa shape index (κ2) is 9.89. The number of hydrogen-bond acceptors (Lipinski definition) is 5. The van der Waals surface area contributed by atoms with Gasteiger partial charge in [0.05, 0.1) is 6.61 Å². The molecule has 0 saturated heterocycles. The van der Waals surface area contributed by atoms with Crippen molar-refractivity contribution in [3.05, 3.63) is 53.0 Å². The number of pyridine rings is 1. The van der Waals surface area contributed by atoms with Crippen LogP contribution in [-0.4, -0.2) is 26.0 Å². The van der Waals surface area contributed by atoms with Gasteiger partial charge in [0.15, 0.2) is 0 Å². The number of aromatic nitrogens is 1. The highest BCUT2D eigenvalue weighted by Gasteiger charge is 2.33. The fourth-order valence-corrected chi connectivity index (χ4v) is 2.68. The SMILES string of the molecule is CCOc1nc(C(F)(F)F)ccc1CNC(=O)Nc1ccc(CNS(N)(=O)=O)c(F)c1. The van der Waals surface area contributed by atoms with Crippen LogP contribution >= 0.6 is 0 Å². The lowest BCUT2D eigenvalue weighted by Crippen LogP contribution is -2.30. The van der Waals surface area contributed by atoms with Gasteiger partial charge < -0.3 is 15.4 Å². The highest BCUT2D eigenvalue weighted by atomic mass is 32.2. The van der Waals surface area contributed by atoms with Crippen LogP contribution in [0.5, 0.6) is 5.88 Å². The highest BCUT2D eigenvalue weighted by molar-refractivity contribution is 7.87. The van der Waals surface area contributed by atoms with Crippen molar-refractivity contribution in [3.8, 4) is 5.88 Å². The third-order valence-electron chi connectivity index (χ3n) is 3.72. The van der Waals surface area contributed by atoms with Crippen molar-refractivity contribution in [2.45, 2.75) is 26.2 Å². The molecule has 0 unspecified atom stereocenters. The summed E-state index contributed by atoms with van der Waals surface area (Å²) < 4.78 is 81.2. The van der Waals surface area contributed by atoms with E-state index >= 15 is 0 Å². The second-order valence-corrected chi connectivity index (χ2v) is 7.45. The van der Waals surface area contributed by atoms with Gasteiger partial charge in [0, 0.05) is 29.9 Å². The van der Waals surface area contributed by atoms with Crippen molar-refractivity contribution < 1.29 is 35.5 Å². The van der Waals surface area contributed by atoms with Crippen LogP contribution in [-0.2, 0) is 29.5 Å². The summed E-state index contributed by atoms with van der Waals surface area (Å²) in [5, 5.41) is 9.52. The zero-order chi connectivity index (χ0) is 23.2. The van der Waals surface area contributed by atoms with Gasteiger partial charge >= 0.3 is 12.2 Å². The Morgan fingerprint density at radius 3 is 2.42 bits per heavy atom. The summed E-state index contributed by atoms with van der Waals surface area (Å²) >= 11 is 0. The van der Waals surface area contributed by atoms with E-state index < -0.39 is 33.9 Å². The zero-order valence-electron chi connectivity index (χ0n) is 16.1. The molecule has 2 aromatic rings. The van der Waals surface area contributed by atoms with Gasteiger partial charge in [0.1, 0.15) is 11.5 Å². The molecule has 1 aromatic carbocycles. The van der Waals surface area contributed by atoms with Crippen LogP contribution < -0.4 is 25.2 Å². The van der Waals surface area contributed by atoms with Gasteiger partial charge in [-0.3, -0.25) is 0 Å². The third-order valence-corrected chi connectivity index (χ3v) is 4.27. The van der Waals surface area contributed by atoms with E-state index in [4.69, 9.17) is 9.88 Å². The predicted molar refractivity (Wildman–Crippen MR) is 103 cm³/mol. The van der Waals surface area contributed by atoms with Crippen LogP contribution in [0.15, 0.2) is 30.3 Å². The Labute approximate surface area is 175 Å². The minimum Gasteiger partial charge on any atom is -0.478 e. The first-order chi connectivity index (χ1) is 14.4. The standard InChI is InChI=1S/C17H19F4N5O4S/c1-2-30-15-11(4-6-14(26-15)17(19,20)21)8-23-16(27)25-12-5-3-10(13(18)7-12)9-24-31(22,28)29/h3-7,24H,2,8-9H2,1H3,(H2,22,28,29)(H2,23,25,27). The summed E-state index contributed by atoms with van der Waals surface area (Å²) in [6.45, 7) is 1.06. The van der Waals surface area contributed by atoms with E-state index in [1.165, 1.54) is 12.1 Å². The minimum atomic E-state index is -4.64. The number of nitrogens with one attached hydrogen (secondary N) is 3. The largest absolute Gasteiger partial charge is 0.478 e. The summed E-state index contributed by atoms with van der Waals surface area (Å²) in [4.78, 5) is 15.5. The molecule has 0 radical (unpaired) electrons. The number of urea groups is 1. The molecule has 0 aliphatic heterocycles. The summed E-state index contributed by atoms with van der Waals surface area (Å²) in [7, 11) is -3.99. The fourth-order valence-electron chi connectivity index (χ4n) is 2.32. The molecule has 0 saturated carbocycles. The fraction of sp³-hybridized carbons (Fsp3) is 0.294. The van der Waals surface area contributed by atoms with Crippen molar-refractivity contribution in [1.29, 1.82) is 0 Å². The number of anilines is 1. The monoisotopic (exact) mass is 465 g/mol. The number of carbonyl (C=O) groups excluding carboxylic acids is 1. The van der Waals surface area contributed by atoms with Gasteiger partial charge in [-0.25, -0.2) is 19.3 Å². The lowest BCUT2D eigenvalue weighted by atomic mass is 10.2. The maximum atomic E-state index is 14.0. The second-order valence-electron chi connectivity index (χ2n) is 6.07. The van der Waals surface area contributed by atoms with Gasteiger partial charge in [-0.05, 0) is 31.2 Å². The topological polar surface area (TPSA) is 135 Å². The number of nitrogens with two attached hydrogens (primary N) is 1. The number of alkyl halides is 3. The Bertz CT molecular complexity index is 1050. The van der Waals surface area contributed by atoms with Gasteiger partial charge in [-0.1, -0.05) is 6.07 Å². The number of halogens is 4. The molecule has 0 aliphatic carbocycles. The van der Waals surface area contributed by atoms with E-state index in [0.717, 1.165) is 18.2 Å². The molecule has 31 heavy (non-hydrogen) atoms. The lowest BCUT2D eigenvalue weighted by molar-refractivity contribution is -0.141. The van der Waals surface area contributed by atoms with E-state index in [0.29, 0.717) is 0 Å². The van der Waals surface area contributed by atoms with Crippen LogP contribution in [0.4, 0.5) is 28.0 Å². The quantitative estimate of drug-likeness (QED) is 0.444. The molecule has 5 N–H and O–H groups in total. The van der Waals surface area contributed by atoms with Crippen LogP contribution in [0.3, 0.4) is 0 Å². The molecule has 9 nitrogen and oxygen atoms in total. The summed E-state index contributed by atoms with van der Waals surface area (Å²) in [6.07, 6.45) is -4.64. The Morgan fingerprint density at radius 1 is 1.16 bits per heavy atom. The molecule has 0 spiro atoms. The Morgan fingerprint density at radius 2 is 1.84 bits per heavy atom. The molecule has 2 amide bonds. The smallest absolute Gasteiger partial charge is 0.433 e. The summed E-state index contributed by atoms with van der Waals surface area (Å²) in [5.41, 5.74) is -0.862. The lowest BCUT2D eigenvalue weighted by Gasteiger charge is -2.14. The van der Waals surface area contributed by atoms with Crippen molar-refractivity contribution in [2.24, 2.45) is 5.14 Å². The first-order valence-corrected chi connectivity index (χ1v) is 10.2. The average molecular weight is 465 g/mol. The van der Waals surface area contributed by atoms with Crippen LogP contribution in [0.2, 0.25) is 0 Å². The third kappa shape index (κ3) is 7.66. The first-order valence-electron chi connectivity index (χ1n) is 8.69. The number of amides is 2. The molecular weight excluding hydrogens is 446 g/mol. The predicted octanol–water partition coefficient (Wildman–Crippen LogP) is 2.25. The number of rotatable bonds is 8. The van der Waals surface area contributed by atoms with Gasteiger partial charge in [0.2, 0.25) is 5.88 Å². The molecule has 0 aliphatic rings. The van der Waals surface area contributed by atoms with E-state index in [1.807, 2.05) is 4.72 Å². The number of benzene rings is 1. The number of ether oxygens (including phenoxy) is 1. The van der Waals surface area contributed by atoms with Crippen LogP contribution in [0, 0.1) is 5.82 Å². The van der Waals surface area contributed by atoms with Gasteiger partial charge in [-0.15, -0.1) is 0 Å². The van der Waals surface area contributed by atoms with Gasteiger partial charge in [0.25, 0.3) is 10.2 Å². The van der Waals surface area contributed by atoms with E-state index in [-0.39, 0.29) is 42.4 Å². The molecule has 14 heteroatoms. The van der Waals surface area contributed by atoms with E-state index in [9.17, 15) is 30.8 Å². The normalized spacial score (nSPS) is 11.8. The first kappa shape index (κ1) is 24.3. The zero-order valence-corrected chi connectivity index (χ0v) is 16.9. The van der Waals surface area contributed by atoms with Crippen LogP contribution in [0.1, 0.15) is 23.7 Å². The van der Waals surface area contributed by atoms with Crippen molar-refractivity contribution in [3.63, 3.8) is 0 Å². The number of carbonyl (C=O) groups is 1. The molecule has 0 atom stereocenters. The average Bonchev–Trinajstić information content (AvgIpc) is 2.65. The molecule has 1 heterocycles. The molecule has 170 valence electrons. The van der Waals surface area contributed by atoms with Gasteiger partial charge in [-0.2, -0.15) is 26.3 Å². The van der Waals surface area contributed by atoms with E-state index in [2.05, 4.69) is 15.6 Å². The summed E-state index contributed by atoms with van der Waals surface area (Å²) in [6, 6.07) is 4.67. The maximum Gasteiger partial charge on any atom is 0.433 e. The summed E-state index contributed by atoms with van der Waals surface area (Å²) in [5.74, 6) is -1.06. The molecule has 0 fully saturated rings. The molecule has 0 bridgehead atoms. The Balaban J connectivity index is 2.01. The molecule has 1 aromatic heterocycles. The Kier molecular flexibility index (Phi) is 7.75. The van der Waals surface area contributed by atoms with Crippen molar-refractivity contribution in [2.75, 3.05) is 11.9 Å². The maximum absolute atomic E-state index is 14.0. The number of hydrogen-bond donors (Lipinski definition) is 4. The van der Waals surface area contributed by atoms with Crippen molar-refractivity contribution >= 4 is 21.9 Å². The number of nitrogens with zero attached hydrogens (tertiary/aromatic N) is 1. The highest BCUT2D eigenvalue weighted by Crippen LogP contribution is 2.30. The molecular formula is C17H19F4N5O4S.